The van der Waals surface area contributed by atoms with Gasteiger partial charge in [-0.15, -0.1) is 0 Å². The van der Waals surface area contributed by atoms with Gasteiger partial charge in [-0.2, -0.15) is 5.26 Å². The van der Waals surface area contributed by atoms with E-state index in [9.17, 15) is 10.1 Å². The zero-order valence-corrected chi connectivity index (χ0v) is 16.7. The van der Waals surface area contributed by atoms with Crippen molar-refractivity contribution in [3.63, 3.8) is 0 Å². The molecule has 0 fully saturated rings. The Balaban J connectivity index is 2.28. The van der Waals surface area contributed by atoms with Gasteiger partial charge in [-0.25, -0.2) is 0 Å². The maximum atomic E-state index is 13.1. The number of ketones is 1. The number of hydrogen-bond donors (Lipinski definition) is 1. The Bertz CT molecular complexity index is 937. The summed E-state index contributed by atoms with van der Waals surface area (Å²) in [6.45, 7) is 4.01. The smallest absolute Gasteiger partial charge is 0.205 e. The van der Waals surface area contributed by atoms with Crippen molar-refractivity contribution in [2.45, 2.75) is 32.6 Å². The topological polar surface area (TPSA) is 104 Å². The van der Waals surface area contributed by atoms with Crippen LogP contribution >= 0.6 is 0 Å². The standard InChI is InChI=1S/C21H24N2O5/c1-21(2)8-13(24)17-15(9-21)28-20(23)12(10-22)16(17)11-6-7-14(25-3)19(27-5)18(11)26-4/h6-7,16H,8-9,23H2,1-5H3/t16-/m1/s1. The minimum absolute atomic E-state index is 0.00795. The predicted molar refractivity (Wildman–Crippen MR) is 102 cm³/mol. The van der Waals surface area contributed by atoms with Crippen LogP contribution in [0.3, 0.4) is 0 Å². The van der Waals surface area contributed by atoms with E-state index < -0.39 is 5.92 Å². The van der Waals surface area contributed by atoms with Crippen molar-refractivity contribution in [3.05, 3.63) is 40.5 Å². The van der Waals surface area contributed by atoms with E-state index in [2.05, 4.69) is 6.07 Å². The molecule has 3 rings (SSSR count). The fourth-order valence-electron chi connectivity index (χ4n) is 3.95. The van der Waals surface area contributed by atoms with Crippen molar-refractivity contribution in [2.75, 3.05) is 21.3 Å². The fourth-order valence-corrected chi connectivity index (χ4v) is 3.95. The molecule has 0 amide bonds. The van der Waals surface area contributed by atoms with Crippen LogP contribution in [0.15, 0.2) is 34.9 Å². The Kier molecular flexibility index (Phi) is 4.99. The molecule has 0 saturated carbocycles. The van der Waals surface area contributed by atoms with Crippen molar-refractivity contribution in [2.24, 2.45) is 11.1 Å². The van der Waals surface area contributed by atoms with E-state index in [-0.39, 0.29) is 22.7 Å². The fraction of sp³-hybridized carbons (Fsp3) is 0.429. The molecular weight excluding hydrogens is 360 g/mol. The third-order valence-electron chi connectivity index (χ3n) is 5.12. The number of Topliss-reactive ketones (excluding diaryl/α,β-unsaturated/α-hetero) is 1. The molecule has 0 bridgehead atoms. The number of ether oxygens (including phenoxy) is 4. The van der Waals surface area contributed by atoms with Gasteiger partial charge in [0, 0.05) is 24.0 Å². The van der Waals surface area contributed by atoms with E-state index in [1.807, 2.05) is 13.8 Å². The molecule has 148 valence electrons. The van der Waals surface area contributed by atoms with Crippen LogP contribution in [0, 0.1) is 16.7 Å². The maximum Gasteiger partial charge on any atom is 0.205 e. The summed E-state index contributed by atoms with van der Waals surface area (Å²) < 4.78 is 22.1. The Morgan fingerprint density at radius 1 is 1.14 bits per heavy atom. The lowest BCUT2D eigenvalue weighted by Gasteiger charge is -2.37. The van der Waals surface area contributed by atoms with Gasteiger partial charge in [0.2, 0.25) is 11.6 Å². The number of carbonyl (C=O) groups excluding carboxylic acids is 1. The molecule has 1 aromatic carbocycles. The third kappa shape index (κ3) is 3.05. The van der Waals surface area contributed by atoms with Gasteiger partial charge in [-0.3, -0.25) is 4.79 Å². The molecule has 7 heteroatoms. The van der Waals surface area contributed by atoms with Gasteiger partial charge in [-0.1, -0.05) is 19.9 Å². The van der Waals surface area contributed by atoms with Crippen molar-refractivity contribution in [3.8, 4) is 23.3 Å². The Hall–Kier alpha value is -3.14. The number of rotatable bonds is 4. The maximum absolute atomic E-state index is 13.1. The van der Waals surface area contributed by atoms with Crippen molar-refractivity contribution in [1.29, 1.82) is 5.26 Å². The first kappa shape index (κ1) is 19.6. The molecule has 7 nitrogen and oxygen atoms in total. The average molecular weight is 384 g/mol. The van der Waals surface area contributed by atoms with Crippen LogP contribution in [-0.4, -0.2) is 27.1 Å². The normalized spacial score (nSPS) is 20.9. The molecule has 2 aliphatic rings. The Labute approximate surface area is 164 Å². The van der Waals surface area contributed by atoms with Gasteiger partial charge in [0.1, 0.15) is 17.4 Å². The number of benzene rings is 1. The molecule has 1 atom stereocenters. The molecular formula is C21H24N2O5. The second-order valence-corrected chi connectivity index (χ2v) is 7.63. The quantitative estimate of drug-likeness (QED) is 0.850. The monoisotopic (exact) mass is 384 g/mol. The molecule has 0 radical (unpaired) electrons. The number of carbonyl (C=O) groups is 1. The number of nitrogens with zero attached hydrogens (tertiary/aromatic N) is 1. The van der Waals surface area contributed by atoms with Crippen LogP contribution < -0.4 is 19.9 Å². The Morgan fingerprint density at radius 3 is 2.39 bits per heavy atom. The number of nitriles is 1. The molecule has 1 heterocycles. The van der Waals surface area contributed by atoms with Crippen LogP contribution in [-0.2, 0) is 9.53 Å². The first-order valence-corrected chi connectivity index (χ1v) is 8.90. The van der Waals surface area contributed by atoms with Crippen molar-refractivity contribution in [1.82, 2.24) is 0 Å². The van der Waals surface area contributed by atoms with Crippen LogP contribution in [0.2, 0.25) is 0 Å². The lowest BCUT2D eigenvalue weighted by molar-refractivity contribution is -0.119. The number of allylic oxidation sites excluding steroid dienone is 3. The zero-order chi connectivity index (χ0) is 20.6. The summed E-state index contributed by atoms with van der Waals surface area (Å²) in [5, 5.41) is 9.76. The first-order chi connectivity index (χ1) is 13.3. The molecule has 2 N–H and O–H groups in total. The lowest BCUT2D eigenvalue weighted by atomic mass is 9.70. The first-order valence-electron chi connectivity index (χ1n) is 8.90. The highest BCUT2D eigenvalue weighted by Crippen LogP contribution is 2.52. The molecule has 1 aliphatic carbocycles. The van der Waals surface area contributed by atoms with Gasteiger partial charge in [0.15, 0.2) is 17.3 Å². The second kappa shape index (κ2) is 7.12. The van der Waals surface area contributed by atoms with E-state index in [1.165, 1.54) is 21.3 Å². The van der Waals surface area contributed by atoms with E-state index in [1.54, 1.807) is 12.1 Å². The summed E-state index contributed by atoms with van der Waals surface area (Å²) >= 11 is 0. The minimum atomic E-state index is -0.688. The van der Waals surface area contributed by atoms with E-state index >= 15 is 0 Å². The Morgan fingerprint density at radius 2 is 1.82 bits per heavy atom. The summed E-state index contributed by atoms with van der Waals surface area (Å²) in [7, 11) is 4.53. The third-order valence-corrected chi connectivity index (χ3v) is 5.12. The van der Waals surface area contributed by atoms with Crippen molar-refractivity contribution >= 4 is 5.78 Å². The highest BCUT2D eigenvalue weighted by molar-refractivity contribution is 6.00. The SMILES string of the molecule is COc1ccc([C@@H]2C(C#N)=C(N)OC3=C2C(=O)CC(C)(C)C3)c(OC)c1OC. The average Bonchev–Trinajstić information content (AvgIpc) is 2.64. The molecule has 28 heavy (non-hydrogen) atoms. The molecule has 0 aromatic heterocycles. The van der Waals surface area contributed by atoms with E-state index in [0.29, 0.717) is 47.0 Å². The van der Waals surface area contributed by atoms with Gasteiger partial charge in [0.25, 0.3) is 0 Å². The van der Waals surface area contributed by atoms with Crippen LogP contribution in [0.5, 0.6) is 17.2 Å². The molecule has 0 spiro atoms. The van der Waals surface area contributed by atoms with Gasteiger partial charge in [0.05, 0.1) is 27.2 Å². The number of nitrogens with two attached hydrogens (primary N) is 1. The minimum Gasteiger partial charge on any atom is -0.493 e. The highest BCUT2D eigenvalue weighted by Gasteiger charge is 2.44. The van der Waals surface area contributed by atoms with Crippen LogP contribution in [0.4, 0.5) is 0 Å². The van der Waals surface area contributed by atoms with Gasteiger partial charge < -0.3 is 24.7 Å². The molecule has 0 saturated heterocycles. The van der Waals surface area contributed by atoms with E-state index in [4.69, 9.17) is 24.7 Å². The highest BCUT2D eigenvalue weighted by atomic mass is 16.5. The summed E-state index contributed by atoms with van der Waals surface area (Å²) in [5.41, 5.74) is 7.06. The molecule has 1 aromatic rings. The number of methoxy groups -OCH3 is 3. The summed E-state index contributed by atoms with van der Waals surface area (Å²) in [6.07, 6.45) is 0.916. The summed E-state index contributed by atoms with van der Waals surface area (Å²) in [5.74, 6) is 1.03. The number of hydrogen-bond acceptors (Lipinski definition) is 7. The van der Waals surface area contributed by atoms with Crippen LogP contribution in [0.1, 0.15) is 38.2 Å². The molecule has 0 unspecified atom stereocenters. The summed E-state index contributed by atoms with van der Waals surface area (Å²) in [4.78, 5) is 13.1. The molecule has 1 aliphatic heterocycles. The summed E-state index contributed by atoms with van der Waals surface area (Å²) in [6, 6.07) is 5.59. The van der Waals surface area contributed by atoms with Crippen molar-refractivity contribution < 1.29 is 23.7 Å². The second-order valence-electron chi connectivity index (χ2n) is 7.63. The van der Waals surface area contributed by atoms with Gasteiger partial charge >= 0.3 is 0 Å². The van der Waals surface area contributed by atoms with Crippen LogP contribution in [0.25, 0.3) is 0 Å². The van der Waals surface area contributed by atoms with E-state index in [0.717, 1.165) is 0 Å². The lowest BCUT2D eigenvalue weighted by Crippen LogP contribution is -2.33. The van der Waals surface area contributed by atoms with Gasteiger partial charge in [-0.05, 0) is 11.5 Å². The predicted octanol–water partition coefficient (Wildman–Crippen LogP) is 3.16. The largest absolute Gasteiger partial charge is 0.493 e. The zero-order valence-electron chi connectivity index (χ0n) is 16.7.